The van der Waals surface area contributed by atoms with E-state index in [-0.39, 0.29) is 18.1 Å². The minimum atomic E-state index is 0.0752. The third-order valence-corrected chi connectivity index (χ3v) is 3.24. The van der Waals surface area contributed by atoms with Gasteiger partial charge in [0, 0.05) is 26.1 Å². The van der Waals surface area contributed by atoms with Gasteiger partial charge in [-0.25, -0.2) is 0 Å². The fraction of sp³-hybridized carbons (Fsp3) is 0.917. The summed E-state index contributed by atoms with van der Waals surface area (Å²) >= 11 is 0. The predicted octanol–water partition coefficient (Wildman–Crippen LogP) is 0.701. The van der Waals surface area contributed by atoms with E-state index in [9.17, 15) is 4.79 Å². The molecule has 4 heteroatoms. The van der Waals surface area contributed by atoms with Crippen LogP contribution in [-0.4, -0.2) is 55.7 Å². The molecule has 2 aliphatic rings. The van der Waals surface area contributed by atoms with Crippen LogP contribution in [0.2, 0.25) is 0 Å². The number of ketones is 1. The van der Waals surface area contributed by atoms with E-state index in [0.717, 1.165) is 19.6 Å². The van der Waals surface area contributed by atoms with Gasteiger partial charge in [0.1, 0.15) is 5.78 Å². The summed E-state index contributed by atoms with van der Waals surface area (Å²) in [6.45, 7) is 8.05. The molecule has 2 fully saturated rings. The second-order valence-corrected chi connectivity index (χ2v) is 4.96. The van der Waals surface area contributed by atoms with Crippen LogP contribution >= 0.6 is 0 Å². The Morgan fingerprint density at radius 3 is 2.62 bits per heavy atom. The summed E-state index contributed by atoms with van der Waals surface area (Å²) in [7, 11) is 0. The number of carbonyl (C=O) groups excluding carboxylic acids is 1. The number of rotatable bonds is 2. The highest BCUT2D eigenvalue weighted by Gasteiger charge is 2.29. The van der Waals surface area contributed by atoms with Crippen LogP contribution in [0.15, 0.2) is 0 Å². The molecular formula is C12H21NO3. The summed E-state index contributed by atoms with van der Waals surface area (Å²) in [6, 6.07) is 0. The lowest BCUT2D eigenvalue weighted by molar-refractivity contribution is -0.133. The van der Waals surface area contributed by atoms with E-state index in [1.165, 1.54) is 0 Å². The van der Waals surface area contributed by atoms with Crippen LogP contribution < -0.4 is 0 Å². The van der Waals surface area contributed by atoms with Crippen LogP contribution in [0.25, 0.3) is 0 Å². The Labute approximate surface area is 96.9 Å². The molecule has 0 N–H and O–H groups in total. The summed E-state index contributed by atoms with van der Waals surface area (Å²) in [6.07, 6.45) is 1.12. The van der Waals surface area contributed by atoms with Crippen LogP contribution in [0, 0.1) is 5.92 Å². The molecule has 2 aliphatic heterocycles. The van der Waals surface area contributed by atoms with Gasteiger partial charge in [0.2, 0.25) is 0 Å². The Kier molecular flexibility index (Phi) is 3.95. The molecule has 92 valence electrons. The van der Waals surface area contributed by atoms with E-state index >= 15 is 0 Å². The molecule has 0 spiro atoms. The van der Waals surface area contributed by atoms with Crippen molar-refractivity contribution in [3.8, 4) is 0 Å². The van der Waals surface area contributed by atoms with E-state index in [1.807, 2.05) is 0 Å². The predicted molar refractivity (Wildman–Crippen MR) is 60.4 cm³/mol. The highest BCUT2D eigenvalue weighted by atomic mass is 16.5. The van der Waals surface area contributed by atoms with E-state index in [4.69, 9.17) is 9.47 Å². The molecule has 0 aromatic heterocycles. The number of morpholine rings is 1. The lowest BCUT2D eigenvalue weighted by Gasteiger charge is -2.37. The van der Waals surface area contributed by atoms with Crippen LogP contribution in [0.3, 0.4) is 0 Å². The van der Waals surface area contributed by atoms with Crippen molar-refractivity contribution in [3.05, 3.63) is 0 Å². The van der Waals surface area contributed by atoms with Gasteiger partial charge >= 0.3 is 0 Å². The van der Waals surface area contributed by atoms with E-state index in [0.29, 0.717) is 25.4 Å². The number of carbonyl (C=O) groups is 1. The molecule has 0 aliphatic carbocycles. The van der Waals surface area contributed by atoms with Gasteiger partial charge in [-0.15, -0.1) is 0 Å². The monoisotopic (exact) mass is 227 g/mol. The largest absolute Gasteiger partial charge is 0.380 e. The molecular weight excluding hydrogens is 206 g/mol. The van der Waals surface area contributed by atoms with Crippen molar-refractivity contribution >= 4 is 5.78 Å². The second kappa shape index (κ2) is 5.25. The molecule has 2 heterocycles. The Morgan fingerprint density at radius 2 is 2.00 bits per heavy atom. The van der Waals surface area contributed by atoms with Gasteiger partial charge < -0.3 is 9.47 Å². The van der Waals surface area contributed by atoms with E-state index < -0.39 is 0 Å². The summed E-state index contributed by atoms with van der Waals surface area (Å²) in [4.78, 5) is 14.0. The third-order valence-electron chi connectivity index (χ3n) is 3.24. The molecule has 16 heavy (non-hydrogen) atoms. The van der Waals surface area contributed by atoms with Crippen molar-refractivity contribution in [2.24, 2.45) is 5.92 Å². The van der Waals surface area contributed by atoms with Crippen molar-refractivity contribution < 1.29 is 14.3 Å². The number of hydrogen-bond donors (Lipinski definition) is 0. The zero-order valence-electron chi connectivity index (χ0n) is 10.1. The van der Waals surface area contributed by atoms with E-state index in [1.54, 1.807) is 0 Å². The normalized spacial score (nSPS) is 37.6. The number of ether oxygens (including phenoxy) is 2. The molecule has 2 rings (SSSR count). The molecule has 0 aromatic carbocycles. The Hall–Kier alpha value is -0.450. The molecule has 3 unspecified atom stereocenters. The van der Waals surface area contributed by atoms with Gasteiger partial charge in [-0.3, -0.25) is 9.69 Å². The van der Waals surface area contributed by atoms with Crippen molar-refractivity contribution in [3.63, 3.8) is 0 Å². The zero-order chi connectivity index (χ0) is 11.5. The molecule has 2 saturated heterocycles. The molecule has 0 amide bonds. The van der Waals surface area contributed by atoms with Crippen LogP contribution in [0.5, 0.6) is 0 Å². The quantitative estimate of drug-likeness (QED) is 0.696. The van der Waals surface area contributed by atoms with Gasteiger partial charge in [0.05, 0.1) is 31.3 Å². The molecule has 0 radical (unpaired) electrons. The Balaban J connectivity index is 1.85. The molecule has 3 atom stereocenters. The summed E-state index contributed by atoms with van der Waals surface area (Å²) in [5.41, 5.74) is 0. The number of nitrogens with zero attached hydrogens (tertiary/aromatic N) is 1. The Morgan fingerprint density at radius 1 is 1.31 bits per heavy atom. The maximum atomic E-state index is 11.7. The van der Waals surface area contributed by atoms with Gasteiger partial charge in [0.15, 0.2) is 0 Å². The number of hydrogen-bond acceptors (Lipinski definition) is 4. The first kappa shape index (κ1) is 12.0. The zero-order valence-corrected chi connectivity index (χ0v) is 10.1. The van der Waals surface area contributed by atoms with Gasteiger partial charge in [-0.05, 0) is 13.8 Å². The molecule has 0 saturated carbocycles. The average molecular weight is 227 g/mol. The van der Waals surface area contributed by atoms with Crippen LogP contribution in [0.4, 0.5) is 0 Å². The smallest absolute Gasteiger partial charge is 0.141 e. The SMILES string of the molecule is CC1CN(CC2COCCC2=O)CC(C)O1. The van der Waals surface area contributed by atoms with Crippen LogP contribution in [0.1, 0.15) is 20.3 Å². The highest BCUT2D eigenvalue weighted by molar-refractivity contribution is 5.82. The maximum absolute atomic E-state index is 11.7. The van der Waals surface area contributed by atoms with Crippen molar-refractivity contribution in [1.29, 1.82) is 0 Å². The number of Topliss-reactive ketones (excluding diaryl/α,β-unsaturated/α-hetero) is 1. The topological polar surface area (TPSA) is 38.8 Å². The molecule has 0 aromatic rings. The van der Waals surface area contributed by atoms with Crippen molar-refractivity contribution in [2.75, 3.05) is 32.8 Å². The lowest BCUT2D eigenvalue weighted by atomic mass is 9.99. The first-order valence-electron chi connectivity index (χ1n) is 6.13. The van der Waals surface area contributed by atoms with E-state index in [2.05, 4.69) is 18.7 Å². The minimum Gasteiger partial charge on any atom is -0.380 e. The first-order chi connectivity index (χ1) is 7.65. The fourth-order valence-corrected chi connectivity index (χ4v) is 2.60. The standard InChI is InChI=1S/C12H21NO3/c1-9-5-13(6-10(2)16-9)7-11-8-15-4-3-12(11)14/h9-11H,3-8H2,1-2H3. The highest BCUT2D eigenvalue weighted by Crippen LogP contribution is 2.16. The third kappa shape index (κ3) is 3.03. The molecule has 0 bridgehead atoms. The van der Waals surface area contributed by atoms with Gasteiger partial charge in [-0.2, -0.15) is 0 Å². The summed E-state index contributed by atoms with van der Waals surface area (Å²) < 4.78 is 11.0. The Bertz CT molecular complexity index is 247. The van der Waals surface area contributed by atoms with Crippen molar-refractivity contribution in [1.82, 2.24) is 4.90 Å². The van der Waals surface area contributed by atoms with Gasteiger partial charge in [-0.1, -0.05) is 0 Å². The summed E-state index contributed by atoms with van der Waals surface area (Å²) in [5, 5.41) is 0. The van der Waals surface area contributed by atoms with Crippen LogP contribution in [-0.2, 0) is 14.3 Å². The minimum absolute atomic E-state index is 0.0752. The average Bonchev–Trinajstić information content (AvgIpc) is 2.20. The lowest BCUT2D eigenvalue weighted by Crippen LogP contribution is -2.49. The van der Waals surface area contributed by atoms with Crippen molar-refractivity contribution in [2.45, 2.75) is 32.5 Å². The first-order valence-corrected chi connectivity index (χ1v) is 6.13. The fourth-order valence-electron chi connectivity index (χ4n) is 2.60. The molecule has 4 nitrogen and oxygen atoms in total. The maximum Gasteiger partial charge on any atom is 0.141 e. The summed E-state index contributed by atoms with van der Waals surface area (Å²) in [5.74, 6) is 0.435. The second-order valence-electron chi connectivity index (χ2n) is 4.96. The van der Waals surface area contributed by atoms with Gasteiger partial charge in [0.25, 0.3) is 0 Å².